The van der Waals surface area contributed by atoms with Gasteiger partial charge in [-0.15, -0.1) is 0 Å². The minimum atomic E-state index is -0.998. The van der Waals surface area contributed by atoms with E-state index in [2.05, 4.69) is 0 Å². The molecule has 0 bridgehead atoms. The molecule has 3 N–H and O–H groups in total. The van der Waals surface area contributed by atoms with E-state index < -0.39 is 12.0 Å². The normalized spacial score (nSPS) is 21.5. The first kappa shape index (κ1) is 15.5. The van der Waals surface area contributed by atoms with E-state index in [9.17, 15) is 14.7 Å². The van der Waals surface area contributed by atoms with Crippen LogP contribution in [0.5, 0.6) is 0 Å². The molecule has 0 spiro atoms. The van der Waals surface area contributed by atoms with Gasteiger partial charge in [-0.2, -0.15) is 0 Å². The molecule has 1 amide bonds. The second-order valence-corrected chi connectivity index (χ2v) is 5.14. The van der Waals surface area contributed by atoms with Gasteiger partial charge in [-0.1, -0.05) is 12.1 Å². The minimum Gasteiger partial charge on any atom is -0.480 e. The molecular formula is C15H20N2O4. The Labute approximate surface area is 123 Å². The van der Waals surface area contributed by atoms with Crippen LogP contribution >= 0.6 is 0 Å². The number of nitrogens with zero attached hydrogens (tertiary/aromatic N) is 1. The summed E-state index contributed by atoms with van der Waals surface area (Å²) in [5.41, 5.74) is 7.03. The van der Waals surface area contributed by atoms with E-state index in [1.807, 2.05) is 12.1 Å². The number of methoxy groups -OCH3 is 1. The first-order chi connectivity index (χ1) is 10.1. The predicted molar refractivity (Wildman–Crippen MR) is 77.1 cm³/mol. The van der Waals surface area contributed by atoms with Crippen molar-refractivity contribution in [3.05, 3.63) is 35.4 Å². The number of ether oxygens (including phenoxy) is 1. The molecule has 1 fully saturated rings. The zero-order valence-electron chi connectivity index (χ0n) is 12.0. The summed E-state index contributed by atoms with van der Waals surface area (Å²) in [6, 6.07) is 6.30. The second kappa shape index (κ2) is 6.69. The van der Waals surface area contributed by atoms with E-state index in [0.29, 0.717) is 25.1 Å². The van der Waals surface area contributed by atoms with Gasteiger partial charge in [0.25, 0.3) is 5.91 Å². The average Bonchev–Trinajstić information content (AvgIpc) is 2.92. The first-order valence-corrected chi connectivity index (χ1v) is 6.92. The molecule has 0 saturated carbocycles. The summed E-state index contributed by atoms with van der Waals surface area (Å²) in [4.78, 5) is 25.1. The number of hydrogen-bond donors (Lipinski definition) is 2. The number of nitrogens with two attached hydrogens (primary N) is 1. The summed E-state index contributed by atoms with van der Waals surface area (Å²) in [6.45, 7) is 0.854. The van der Waals surface area contributed by atoms with Crippen molar-refractivity contribution in [2.45, 2.75) is 25.0 Å². The number of carboxylic acids is 1. The van der Waals surface area contributed by atoms with Crippen LogP contribution < -0.4 is 5.73 Å². The lowest BCUT2D eigenvalue weighted by Gasteiger charge is -2.21. The van der Waals surface area contributed by atoms with Crippen molar-refractivity contribution in [2.24, 2.45) is 5.73 Å². The largest absolute Gasteiger partial charge is 0.480 e. The van der Waals surface area contributed by atoms with Gasteiger partial charge in [0, 0.05) is 25.6 Å². The van der Waals surface area contributed by atoms with Crippen LogP contribution in [-0.2, 0) is 16.0 Å². The van der Waals surface area contributed by atoms with E-state index in [0.717, 1.165) is 12.0 Å². The molecule has 0 aliphatic carbocycles. The number of likely N-dealkylation sites (tertiary alicyclic amines) is 1. The van der Waals surface area contributed by atoms with Crippen LogP contribution in [0.15, 0.2) is 24.3 Å². The lowest BCUT2D eigenvalue weighted by molar-refractivity contribution is -0.141. The maximum Gasteiger partial charge on any atom is 0.326 e. The summed E-state index contributed by atoms with van der Waals surface area (Å²) in [7, 11) is 1.53. The number of amides is 1. The molecule has 2 atom stereocenters. The number of carbonyl (C=O) groups is 2. The summed E-state index contributed by atoms with van der Waals surface area (Å²) < 4.78 is 5.19. The van der Waals surface area contributed by atoms with Gasteiger partial charge in [-0.05, 0) is 30.7 Å². The predicted octanol–water partition coefficient (Wildman–Crippen LogP) is 0.502. The maximum atomic E-state index is 12.5. The van der Waals surface area contributed by atoms with Gasteiger partial charge in [0.05, 0.1) is 6.10 Å². The summed E-state index contributed by atoms with van der Waals surface area (Å²) >= 11 is 0. The van der Waals surface area contributed by atoms with Crippen molar-refractivity contribution in [3.63, 3.8) is 0 Å². The van der Waals surface area contributed by atoms with Crippen molar-refractivity contribution >= 4 is 11.9 Å². The van der Waals surface area contributed by atoms with Crippen LogP contribution in [0.4, 0.5) is 0 Å². The summed E-state index contributed by atoms with van der Waals surface area (Å²) in [5, 5.41) is 9.24. The van der Waals surface area contributed by atoms with E-state index in [4.69, 9.17) is 10.5 Å². The molecule has 1 saturated heterocycles. The zero-order valence-corrected chi connectivity index (χ0v) is 12.0. The highest BCUT2D eigenvalue weighted by Gasteiger charge is 2.40. The molecule has 114 valence electrons. The standard InChI is InChI=1S/C15H20N2O4/c1-21-12-8-13(15(19)20)17(9-12)14(18)11-4-2-10(3-5-11)6-7-16/h2-5,12-13H,6-9,16H2,1H3,(H,19,20). The smallest absolute Gasteiger partial charge is 0.326 e. The fraction of sp³-hybridized carbons (Fsp3) is 0.467. The van der Waals surface area contributed by atoms with Crippen LogP contribution in [0.25, 0.3) is 0 Å². The van der Waals surface area contributed by atoms with Crippen LogP contribution in [0.3, 0.4) is 0 Å². The Bertz CT molecular complexity index is 515. The van der Waals surface area contributed by atoms with E-state index in [1.54, 1.807) is 12.1 Å². The van der Waals surface area contributed by atoms with Gasteiger partial charge in [-0.25, -0.2) is 4.79 Å². The molecule has 0 radical (unpaired) electrons. The van der Waals surface area contributed by atoms with Crippen LogP contribution in [0, 0.1) is 0 Å². The van der Waals surface area contributed by atoms with Crippen molar-refractivity contribution < 1.29 is 19.4 Å². The molecule has 21 heavy (non-hydrogen) atoms. The molecule has 1 aliphatic heterocycles. The number of benzene rings is 1. The molecule has 0 aromatic heterocycles. The van der Waals surface area contributed by atoms with Crippen LogP contribution in [0.2, 0.25) is 0 Å². The molecule has 6 heteroatoms. The fourth-order valence-electron chi connectivity index (χ4n) is 2.57. The Morgan fingerprint density at radius 2 is 2.05 bits per heavy atom. The third-order valence-electron chi connectivity index (χ3n) is 3.78. The lowest BCUT2D eigenvalue weighted by Crippen LogP contribution is -2.40. The van der Waals surface area contributed by atoms with E-state index in [-0.39, 0.29) is 12.0 Å². The molecule has 2 rings (SSSR count). The average molecular weight is 292 g/mol. The Morgan fingerprint density at radius 3 is 2.57 bits per heavy atom. The van der Waals surface area contributed by atoms with Gasteiger partial charge in [0.2, 0.25) is 0 Å². The molecule has 1 aromatic carbocycles. The maximum absolute atomic E-state index is 12.5. The van der Waals surface area contributed by atoms with E-state index >= 15 is 0 Å². The topological polar surface area (TPSA) is 92.9 Å². The first-order valence-electron chi connectivity index (χ1n) is 6.92. The number of rotatable bonds is 5. The zero-order chi connectivity index (χ0) is 15.4. The molecule has 2 unspecified atom stereocenters. The third kappa shape index (κ3) is 3.40. The molecule has 6 nitrogen and oxygen atoms in total. The molecule has 1 aromatic rings. The van der Waals surface area contributed by atoms with Crippen molar-refractivity contribution in [2.75, 3.05) is 20.2 Å². The Hall–Kier alpha value is -1.92. The van der Waals surface area contributed by atoms with Gasteiger partial charge < -0.3 is 20.5 Å². The lowest BCUT2D eigenvalue weighted by atomic mass is 10.1. The highest BCUT2D eigenvalue weighted by molar-refractivity contribution is 5.97. The van der Waals surface area contributed by atoms with Crippen molar-refractivity contribution in [3.8, 4) is 0 Å². The molecule has 1 heterocycles. The Kier molecular flexibility index (Phi) is 4.93. The third-order valence-corrected chi connectivity index (χ3v) is 3.78. The van der Waals surface area contributed by atoms with Crippen molar-refractivity contribution in [1.82, 2.24) is 4.90 Å². The quantitative estimate of drug-likeness (QED) is 0.824. The highest BCUT2D eigenvalue weighted by Crippen LogP contribution is 2.22. The van der Waals surface area contributed by atoms with Gasteiger partial charge in [0.15, 0.2) is 0 Å². The second-order valence-electron chi connectivity index (χ2n) is 5.14. The highest BCUT2D eigenvalue weighted by atomic mass is 16.5. The minimum absolute atomic E-state index is 0.230. The van der Waals surface area contributed by atoms with Gasteiger partial charge >= 0.3 is 5.97 Å². The monoisotopic (exact) mass is 292 g/mol. The Balaban J connectivity index is 2.15. The number of carbonyl (C=O) groups excluding carboxylic acids is 1. The SMILES string of the molecule is COC1CC(C(=O)O)N(C(=O)c2ccc(CCN)cc2)C1. The number of aliphatic carboxylic acids is 1. The van der Waals surface area contributed by atoms with Crippen molar-refractivity contribution in [1.29, 1.82) is 0 Å². The van der Waals surface area contributed by atoms with Crippen LogP contribution in [-0.4, -0.2) is 54.2 Å². The Morgan fingerprint density at radius 1 is 1.38 bits per heavy atom. The van der Waals surface area contributed by atoms with E-state index in [1.165, 1.54) is 12.0 Å². The number of carboxylic acid groups (broad SMARTS) is 1. The molecular weight excluding hydrogens is 272 g/mol. The van der Waals surface area contributed by atoms with Crippen LogP contribution in [0.1, 0.15) is 22.3 Å². The van der Waals surface area contributed by atoms with Gasteiger partial charge in [0.1, 0.15) is 6.04 Å². The summed E-state index contributed by atoms with van der Waals surface area (Å²) in [6.07, 6.45) is 0.844. The molecule has 1 aliphatic rings. The van der Waals surface area contributed by atoms with Gasteiger partial charge in [-0.3, -0.25) is 4.79 Å². The summed E-state index contributed by atoms with van der Waals surface area (Å²) in [5.74, 6) is -1.27. The fourth-order valence-corrected chi connectivity index (χ4v) is 2.57. The number of hydrogen-bond acceptors (Lipinski definition) is 4.